The number of nitrogens with zero attached hydrogens (tertiary/aromatic N) is 1. The molecule has 0 radical (unpaired) electrons. The minimum absolute atomic E-state index is 0.143. The molecule has 2 bridgehead atoms. The molecule has 7 rings (SSSR count). The molecule has 3 fully saturated rings. The lowest BCUT2D eigenvalue weighted by Gasteiger charge is -2.70. The lowest BCUT2D eigenvalue weighted by Crippen LogP contribution is -2.71. The second-order valence-corrected chi connectivity index (χ2v) is 10.0. The van der Waals surface area contributed by atoms with Crippen LogP contribution in [-0.4, -0.2) is 16.5 Å². The van der Waals surface area contributed by atoms with Gasteiger partial charge in [0.2, 0.25) is 0 Å². The summed E-state index contributed by atoms with van der Waals surface area (Å²) in [6.07, 6.45) is 9.95. The summed E-state index contributed by atoms with van der Waals surface area (Å²) in [6, 6.07) is 11.6. The van der Waals surface area contributed by atoms with E-state index >= 15 is 8.78 Å². The van der Waals surface area contributed by atoms with Crippen molar-refractivity contribution in [1.82, 2.24) is 4.90 Å². The second kappa shape index (κ2) is 6.87. The van der Waals surface area contributed by atoms with Gasteiger partial charge >= 0.3 is 0 Å². The topological polar surface area (TPSA) is 3.24 Å². The van der Waals surface area contributed by atoms with Gasteiger partial charge in [-0.3, -0.25) is 4.90 Å². The Morgan fingerprint density at radius 3 is 2.42 bits per heavy atom. The van der Waals surface area contributed by atoms with Crippen molar-refractivity contribution in [3.63, 3.8) is 0 Å². The Morgan fingerprint density at radius 1 is 1.10 bits per heavy atom. The van der Waals surface area contributed by atoms with Crippen LogP contribution in [0.3, 0.4) is 0 Å². The van der Waals surface area contributed by atoms with Crippen LogP contribution in [0.25, 0.3) is 11.6 Å². The number of halogens is 2. The van der Waals surface area contributed by atoms with E-state index in [1.54, 1.807) is 6.08 Å². The number of hydrogen-bond donors (Lipinski definition) is 0. The lowest BCUT2D eigenvalue weighted by atomic mass is 9.48. The maximum Gasteiger partial charge on any atom is 0.131 e. The van der Waals surface area contributed by atoms with Gasteiger partial charge in [-0.25, -0.2) is 8.78 Å². The summed E-state index contributed by atoms with van der Waals surface area (Å²) in [5.41, 5.74) is 6.16. The number of allylic oxidation sites excluding steroid dienone is 1. The van der Waals surface area contributed by atoms with E-state index in [4.69, 9.17) is 0 Å². The van der Waals surface area contributed by atoms with Gasteiger partial charge in [-0.15, -0.1) is 0 Å². The van der Waals surface area contributed by atoms with Crippen molar-refractivity contribution in [3.05, 3.63) is 81.9 Å². The fraction of sp³-hybridized carbons (Fsp3) is 0.429. The summed E-state index contributed by atoms with van der Waals surface area (Å²) in [6.45, 7) is 4.10. The Hall–Kier alpha value is -2.26. The van der Waals surface area contributed by atoms with Crippen molar-refractivity contribution in [2.45, 2.75) is 70.0 Å². The van der Waals surface area contributed by atoms with Crippen LogP contribution in [0.5, 0.6) is 0 Å². The minimum Gasteiger partial charge on any atom is -0.283 e. The highest BCUT2D eigenvalue weighted by atomic mass is 19.1. The third kappa shape index (κ3) is 2.68. The third-order valence-corrected chi connectivity index (χ3v) is 8.31. The highest BCUT2D eigenvalue weighted by Gasteiger charge is 2.63. The van der Waals surface area contributed by atoms with E-state index in [0.29, 0.717) is 11.6 Å². The van der Waals surface area contributed by atoms with Gasteiger partial charge < -0.3 is 0 Å². The number of benzene rings is 2. The first kappa shape index (κ1) is 19.4. The molecule has 2 aromatic carbocycles. The summed E-state index contributed by atoms with van der Waals surface area (Å²) in [5.74, 6) is 0.00424. The smallest absolute Gasteiger partial charge is 0.131 e. The van der Waals surface area contributed by atoms with E-state index in [1.165, 1.54) is 53.7 Å². The Bertz CT molecular complexity index is 1090. The average Bonchev–Trinajstić information content (AvgIpc) is 3.04. The Balaban J connectivity index is 1.55. The van der Waals surface area contributed by atoms with Crippen molar-refractivity contribution in [2.24, 2.45) is 5.92 Å². The van der Waals surface area contributed by atoms with Crippen molar-refractivity contribution in [2.75, 3.05) is 0 Å². The van der Waals surface area contributed by atoms with Gasteiger partial charge in [0.25, 0.3) is 0 Å². The van der Waals surface area contributed by atoms with Crippen molar-refractivity contribution in [1.29, 1.82) is 0 Å². The molecule has 160 valence electrons. The molecule has 2 atom stereocenters. The van der Waals surface area contributed by atoms with Gasteiger partial charge in [-0.05, 0) is 91.3 Å². The van der Waals surface area contributed by atoms with Crippen molar-refractivity contribution in [3.8, 4) is 0 Å². The van der Waals surface area contributed by atoms with Crippen molar-refractivity contribution >= 4 is 11.6 Å². The quantitative estimate of drug-likeness (QED) is 0.513. The van der Waals surface area contributed by atoms with Crippen LogP contribution in [0.4, 0.5) is 8.78 Å². The van der Waals surface area contributed by atoms with E-state index in [-0.39, 0.29) is 17.1 Å². The highest BCUT2D eigenvalue weighted by Crippen LogP contribution is 2.66. The van der Waals surface area contributed by atoms with Crippen LogP contribution in [0.15, 0.2) is 48.0 Å². The predicted octanol–water partition coefficient (Wildman–Crippen LogP) is 7.09. The molecule has 1 nitrogen and oxygen atoms in total. The summed E-state index contributed by atoms with van der Waals surface area (Å²) in [7, 11) is 0. The molecule has 0 aromatic heterocycles. The Kier molecular flexibility index (Phi) is 4.30. The van der Waals surface area contributed by atoms with Crippen LogP contribution >= 0.6 is 0 Å². The zero-order valence-corrected chi connectivity index (χ0v) is 18.3. The van der Waals surface area contributed by atoms with E-state index in [9.17, 15) is 0 Å². The summed E-state index contributed by atoms with van der Waals surface area (Å²) in [5, 5.41) is 0. The predicted molar refractivity (Wildman–Crippen MR) is 121 cm³/mol. The molecule has 0 unspecified atom stereocenters. The third-order valence-electron chi connectivity index (χ3n) is 8.31. The van der Waals surface area contributed by atoms with Crippen LogP contribution in [0.1, 0.15) is 74.2 Å². The largest absolute Gasteiger partial charge is 0.283 e. The molecular weight excluding hydrogens is 388 g/mol. The summed E-state index contributed by atoms with van der Waals surface area (Å²) < 4.78 is 31.2. The van der Waals surface area contributed by atoms with Gasteiger partial charge in [0.1, 0.15) is 11.6 Å². The van der Waals surface area contributed by atoms with Gasteiger partial charge in [-0.1, -0.05) is 43.3 Å². The number of fused-ring (bicyclic) bond motifs is 2. The highest BCUT2D eigenvalue weighted by molar-refractivity contribution is 5.79. The SMILES string of the molecule is C/C=C/c1cc(F)c([C@@H]2C3=C(C[C@@H](CC)N2C24CC(C2)C4)c2ccccc2C3)c(F)c1. The molecule has 4 aliphatic carbocycles. The maximum absolute atomic E-state index is 15.6. The molecule has 2 aromatic rings. The first-order valence-corrected chi connectivity index (χ1v) is 11.7. The van der Waals surface area contributed by atoms with Crippen LogP contribution in [0, 0.1) is 17.6 Å². The van der Waals surface area contributed by atoms with E-state index in [2.05, 4.69) is 36.1 Å². The molecule has 3 heteroatoms. The average molecular weight is 418 g/mol. The molecule has 0 saturated heterocycles. The minimum atomic E-state index is -0.408. The molecule has 1 heterocycles. The second-order valence-electron chi connectivity index (χ2n) is 10.0. The van der Waals surface area contributed by atoms with Crippen LogP contribution in [-0.2, 0) is 6.42 Å². The molecule has 3 saturated carbocycles. The lowest BCUT2D eigenvalue weighted by molar-refractivity contribution is -0.176. The Labute approximate surface area is 183 Å². The molecule has 5 aliphatic rings. The van der Waals surface area contributed by atoms with E-state index in [0.717, 1.165) is 25.2 Å². The molecule has 31 heavy (non-hydrogen) atoms. The van der Waals surface area contributed by atoms with E-state index < -0.39 is 11.6 Å². The van der Waals surface area contributed by atoms with Gasteiger partial charge in [0.15, 0.2) is 0 Å². The summed E-state index contributed by atoms with van der Waals surface area (Å²) in [4.78, 5) is 2.56. The monoisotopic (exact) mass is 417 g/mol. The zero-order chi connectivity index (χ0) is 21.3. The fourth-order valence-corrected chi connectivity index (χ4v) is 6.89. The van der Waals surface area contributed by atoms with Gasteiger partial charge in [-0.2, -0.15) is 0 Å². The fourth-order valence-electron chi connectivity index (χ4n) is 6.89. The van der Waals surface area contributed by atoms with Crippen LogP contribution in [0.2, 0.25) is 0 Å². The first-order chi connectivity index (χ1) is 15.0. The zero-order valence-electron chi connectivity index (χ0n) is 18.3. The van der Waals surface area contributed by atoms with Gasteiger partial charge in [0, 0.05) is 17.1 Å². The number of hydrogen-bond acceptors (Lipinski definition) is 1. The first-order valence-electron chi connectivity index (χ1n) is 11.7. The normalized spacial score (nSPS) is 31.4. The molecule has 0 N–H and O–H groups in total. The summed E-state index contributed by atoms with van der Waals surface area (Å²) >= 11 is 0. The molecule has 0 spiro atoms. The van der Waals surface area contributed by atoms with Gasteiger partial charge in [0.05, 0.1) is 6.04 Å². The van der Waals surface area contributed by atoms with Crippen molar-refractivity contribution < 1.29 is 8.78 Å². The Morgan fingerprint density at radius 2 is 1.81 bits per heavy atom. The standard InChI is InChI=1S/C28H29F2N/c1-3-7-17-10-24(29)26(25(30)11-17)27-23-12-19-8-5-6-9-21(19)22(23)13-20(4-2)31(27)28-14-18(15-28)16-28/h3,5-11,18,20,27H,4,12-16H2,1-2H3/b7-3+/t18?,20-,27+,28?/m1/s1. The molecular formula is C28H29F2N. The maximum atomic E-state index is 15.6. The van der Waals surface area contributed by atoms with E-state index in [1.807, 2.05) is 13.0 Å². The number of rotatable bonds is 4. The van der Waals surface area contributed by atoms with Crippen LogP contribution < -0.4 is 0 Å². The molecule has 1 aliphatic heterocycles. The molecule has 0 amide bonds.